The minimum absolute atomic E-state index is 0.106. The summed E-state index contributed by atoms with van der Waals surface area (Å²) in [6.07, 6.45) is 1.03. The summed E-state index contributed by atoms with van der Waals surface area (Å²) in [5.74, 6) is -0.496. The number of nitrogens with two attached hydrogens (primary N) is 1. The smallest absolute Gasteiger partial charge is 0.152 e. The third kappa shape index (κ3) is 1.41. The predicted molar refractivity (Wildman–Crippen MR) is 48.3 cm³/mol. The lowest BCUT2D eigenvalue weighted by atomic mass is 10.1. The van der Waals surface area contributed by atoms with Crippen LogP contribution >= 0.6 is 11.6 Å². The highest BCUT2D eigenvalue weighted by Gasteiger charge is 2.10. The first-order valence-electron chi connectivity index (χ1n) is 3.29. The number of hydrogen-bond acceptors (Lipinski definition) is 2. The maximum absolute atomic E-state index is 13.0. The fourth-order valence-corrected chi connectivity index (χ4v) is 1.06. The summed E-state index contributed by atoms with van der Waals surface area (Å²) in [4.78, 5) is 3.55. The van der Waals surface area contributed by atoms with Crippen LogP contribution < -0.4 is 5.73 Å². The van der Waals surface area contributed by atoms with Crippen LogP contribution in [0.4, 0.5) is 10.1 Å². The lowest BCUT2D eigenvalue weighted by Crippen LogP contribution is -1.98. The molecule has 0 fully saturated rings. The molecule has 1 rings (SSSR count). The molecule has 0 unspecified atom stereocenters. The molecule has 2 N–H and O–H groups in total. The van der Waals surface area contributed by atoms with Crippen molar-refractivity contribution in [2.24, 2.45) is 0 Å². The second-order valence-corrected chi connectivity index (χ2v) is 2.82. The van der Waals surface area contributed by atoms with Crippen LogP contribution in [0.25, 0.3) is 5.57 Å². The molecule has 1 aromatic rings. The number of halogens is 2. The van der Waals surface area contributed by atoms with Crippen molar-refractivity contribution in [2.75, 3.05) is 5.73 Å². The van der Waals surface area contributed by atoms with Gasteiger partial charge < -0.3 is 5.73 Å². The normalized spacial score (nSPS) is 9.92. The molecule has 0 atom stereocenters. The molecule has 0 aliphatic heterocycles. The van der Waals surface area contributed by atoms with Gasteiger partial charge in [-0.25, -0.2) is 9.37 Å². The van der Waals surface area contributed by atoms with Crippen molar-refractivity contribution < 1.29 is 4.39 Å². The van der Waals surface area contributed by atoms with Crippen molar-refractivity contribution in [2.45, 2.75) is 6.92 Å². The molecule has 1 heterocycles. The lowest BCUT2D eigenvalue weighted by molar-refractivity contribution is 0.618. The van der Waals surface area contributed by atoms with Crippen molar-refractivity contribution in [1.82, 2.24) is 4.98 Å². The van der Waals surface area contributed by atoms with Crippen LogP contribution in [0.5, 0.6) is 0 Å². The molecule has 1 aromatic heterocycles. The van der Waals surface area contributed by atoms with Crippen LogP contribution in [0.2, 0.25) is 5.15 Å². The first-order chi connectivity index (χ1) is 5.54. The van der Waals surface area contributed by atoms with Crippen LogP contribution in [0.3, 0.4) is 0 Å². The number of hydrogen-bond donors (Lipinski definition) is 1. The first-order valence-corrected chi connectivity index (χ1v) is 3.67. The van der Waals surface area contributed by atoms with E-state index in [9.17, 15) is 4.39 Å². The average molecular weight is 187 g/mol. The largest absolute Gasteiger partial charge is 0.396 e. The van der Waals surface area contributed by atoms with E-state index in [1.807, 2.05) is 0 Å². The summed E-state index contributed by atoms with van der Waals surface area (Å²) < 4.78 is 13.0. The van der Waals surface area contributed by atoms with Gasteiger partial charge in [0.25, 0.3) is 0 Å². The lowest BCUT2D eigenvalue weighted by Gasteiger charge is -2.06. The highest BCUT2D eigenvalue weighted by Crippen LogP contribution is 2.27. The van der Waals surface area contributed by atoms with E-state index < -0.39 is 5.82 Å². The van der Waals surface area contributed by atoms with E-state index in [1.54, 1.807) is 6.92 Å². The summed E-state index contributed by atoms with van der Waals surface area (Å²) in [5, 5.41) is 0.106. The molecule has 2 nitrogen and oxygen atoms in total. The van der Waals surface area contributed by atoms with E-state index in [-0.39, 0.29) is 16.4 Å². The molecule has 0 spiro atoms. The van der Waals surface area contributed by atoms with Gasteiger partial charge in [-0.3, -0.25) is 0 Å². The molecule has 64 valence electrons. The molecule has 0 saturated carbocycles. The van der Waals surface area contributed by atoms with Crippen molar-refractivity contribution in [3.05, 3.63) is 29.3 Å². The zero-order valence-electron chi connectivity index (χ0n) is 6.56. The van der Waals surface area contributed by atoms with E-state index >= 15 is 0 Å². The molecule has 4 heteroatoms. The fraction of sp³-hybridized carbons (Fsp3) is 0.125. The number of nitrogens with zero attached hydrogens (tertiary/aromatic N) is 1. The zero-order chi connectivity index (χ0) is 9.30. The van der Waals surface area contributed by atoms with Gasteiger partial charge in [-0.1, -0.05) is 18.2 Å². The number of allylic oxidation sites excluding steroid dienone is 1. The predicted octanol–water partition coefficient (Wildman–Crippen LogP) is 2.49. The van der Waals surface area contributed by atoms with Gasteiger partial charge in [0.1, 0.15) is 0 Å². The number of pyridine rings is 1. The molecule has 0 aliphatic carbocycles. The van der Waals surface area contributed by atoms with Crippen LogP contribution in [0.1, 0.15) is 12.5 Å². The van der Waals surface area contributed by atoms with Crippen LogP contribution in [-0.4, -0.2) is 4.98 Å². The topological polar surface area (TPSA) is 38.9 Å². The molecule has 0 aliphatic rings. The zero-order valence-corrected chi connectivity index (χ0v) is 7.32. The standard InChI is InChI=1S/C8H8ClFN2/c1-4(2)6-5(10)3-12-8(9)7(6)11/h3H,1,11H2,2H3. The molecule has 12 heavy (non-hydrogen) atoms. The molecule has 0 bridgehead atoms. The van der Waals surface area contributed by atoms with Crippen molar-refractivity contribution in [1.29, 1.82) is 0 Å². The van der Waals surface area contributed by atoms with E-state index in [2.05, 4.69) is 11.6 Å². The Morgan fingerprint density at radius 1 is 1.75 bits per heavy atom. The molecular formula is C8H8ClFN2. The maximum Gasteiger partial charge on any atom is 0.152 e. The highest BCUT2D eigenvalue weighted by atomic mass is 35.5. The fourth-order valence-electron chi connectivity index (χ4n) is 0.913. The highest BCUT2D eigenvalue weighted by molar-refractivity contribution is 6.32. The Kier molecular flexibility index (Phi) is 2.33. The van der Waals surface area contributed by atoms with Crippen LogP contribution in [0, 0.1) is 5.82 Å². The van der Waals surface area contributed by atoms with Gasteiger partial charge in [-0.2, -0.15) is 0 Å². The molecular weight excluding hydrogens is 179 g/mol. The Hall–Kier alpha value is -1.09. The van der Waals surface area contributed by atoms with Gasteiger partial charge >= 0.3 is 0 Å². The van der Waals surface area contributed by atoms with Crippen molar-refractivity contribution in [3.63, 3.8) is 0 Å². The van der Waals surface area contributed by atoms with Crippen molar-refractivity contribution in [3.8, 4) is 0 Å². The number of nitrogen functional groups attached to an aromatic ring is 1. The van der Waals surface area contributed by atoms with E-state index in [0.717, 1.165) is 6.20 Å². The number of aromatic nitrogens is 1. The van der Waals surface area contributed by atoms with E-state index in [1.165, 1.54) is 0 Å². The summed E-state index contributed by atoms with van der Waals surface area (Å²) in [6, 6.07) is 0. The van der Waals surface area contributed by atoms with Gasteiger partial charge in [0.2, 0.25) is 0 Å². The van der Waals surface area contributed by atoms with Gasteiger partial charge in [-0.15, -0.1) is 0 Å². The Bertz CT molecular complexity index is 336. The van der Waals surface area contributed by atoms with E-state index in [0.29, 0.717) is 5.57 Å². The van der Waals surface area contributed by atoms with Crippen molar-refractivity contribution >= 4 is 22.9 Å². The monoisotopic (exact) mass is 186 g/mol. The SMILES string of the molecule is C=C(C)c1c(F)cnc(Cl)c1N. The van der Waals surface area contributed by atoms with Crippen LogP contribution in [-0.2, 0) is 0 Å². The van der Waals surface area contributed by atoms with Crippen LogP contribution in [0.15, 0.2) is 12.8 Å². The van der Waals surface area contributed by atoms with Gasteiger partial charge in [0.15, 0.2) is 11.0 Å². The first kappa shape index (κ1) is 9.00. The second kappa shape index (κ2) is 3.11. The second-order valence-electron chi connectivity index (χ2n) is 2.47. The maximum atomic E-state index is 13.0. The molecule has 0 radical (unpaired) electrons. The Labute approximate surface area is 74.9 Å². The number of rotatable bonds is 1. The third-order valence-corrected chi connectivity index (χ3v) is 1.75. The van der Waals surface area contributed by atoms with Gasteiger partial charge in [0, 0.05) is 5.56 Å². The Balaban J connectivity index is 3.43. The minimum Gasteiger partial charge on any atom is -0.396 e. The van der Waals surface area contributed by atoms with Gasteiger partial charge in [0.05, 0.1) is 11.9 Å². The molecule has 0 saturated heterocycles. The summed E-state index contributed by atoms with van der Waals surface area (Å²) in [7, 11) is 0. The minimum atomic E-state index is -0.496. The van der Waals surface area contributed by atoms with E-state index in [4.69, 9.17) is 17.3 Å². The quantitative estimate of drug-likeness (QED) is 0.685. The third-order valence-electron chi connectivity index (χ3n) is 1.45. The Morgan fingerprint density at radius 2 is 2.33 bits per heavy atom. The summed E-state index contributed by atoms with van der Waals surface area (Å²) in [6.45, 7) is 5.24. The summed E-state index contributed by atoms with van der Waals surface area (Å²) in [5.41, 5.74) is 6.41. The molecule has 0 amide bonds. The average Bonchev–Trinajstić information content (AvgIpc) is 1.97. The molecule has 0 aromatic carbocycles. The summed E-state index contributed by atoms with van der Waals surface area (Å²) >= 11 is 5.59. The number of anilines is 1. The van der Waals surface area contributed by atoms with Gasteiger partial charge in [-0.05, 0) is 12.5 Å². The Morgan fingerprint density at radius 3 is 2.75 bits per heavy atom.